The van der Waals surface area contributed by atoms with Crippen molar-refractivity contribution in [2.45, 2.75) is 56.2 Å². The predicted octanol–water partition coefficient (Wildman–Crippen LogP) is 4.97. The van der Waals surface area contributed by atoms with Crippen LogP contribution < -0.4 is 14.2 Å². The largest absolute Gasteiger partial charge is 0.497 e. The molecule has 3 aromatic carbocycles. The number of carbonyl (C=O) groups excluding carboxylic acids is 2. The summed E-state index contributed by atoms with van der Waals surface area (Å²) in [6, 6.07) is 21.4. The van der Waals surface area contributed by atoms with E-state index in [9.17, 15) is 19.8 Å². The van der Waals surface area contributed by atoms with Crippen LogP contribution in [0.4, 0.5) is 0 Å². The highest BCUT2D eigenvalue weighted by Crippen LogP contribution is 2.36. The zero-order valence-corrected chi connectivity index (χ0v) is 27.6. The molecule has 0 aromatic heterocycles. The van der Waals surface area contributed by atoms with Gasteiger partial charge in [0.1, 0.15) is 34.9 Å². The number of benzene rings is 3. The number of hydrogen-bond donors (Lipinski definition) is 2. The molecule has 45 heavy (non-hydrogen) atoms. The van der Waals surface area contributed by atoms with Crippen molar-refractivity contribution < 1.29 is 48.2 Å². The number of hydrogen-bond acceptors (Lipinski definition) is 12. The lowest BCUT2D eigenvalue weighted by Gasteiger charge is -2.40. The summed E-state index contributed by atoms with van der Waals surface area (Å²) in [6.07, 6.45) is -2.62. The van der Waals surface area contributed by atoms with Crippen LogP contribution in [0.2, 0.25) is 0 Å². The van der Waals surface area contributed by atoms with Crippen molar-refractivity contribution >= 4 is 33.8 Å². The number of aliphatic hydroxyl groups excluding tert-OH is 1. The molecule has 0 aliphatic rings. The Morgan fingerprint density at radius 3 is 1.51 bits per heavy atom. The quantitative estimate of drug-likeness (QED) is 0.179. The van der Waals surface area contributed by atoms with Gasteiger partial charge in [0.2, 0.25) is 0 Å². The van der Waals surface area contributed by atoms with Crippen LogP contribution in [-0.2, 0) is 43.6 Å². The number of thioether (sulfide) groups is 2. The second-order valence-electron chi connectivity index (χ2n) is 9.98. The molecule has 0 fully saturated rings. The molecule has 244 valence electrons. The highest BCUT2D eigenvalue weighted by Gasteiger charge is 2.48. The number of ether oxygens (including phenoxy) is 6. The molecule has 0 spiro atoms. The van der Waals surface area contributed by atoms with Gasteiger partial charge in [0.15, 0.2) is 15.2 Å². The molecule has 3 rings (SSSR count). The van der Waals surface area contributed by atoms with Gasteiger partial charge in [-0.15, -0.1) is 0 Å². The fourth-order valence-corrected chi connectivity index (χ4v) is 5.97. The molecule has 0 radical (unpaired) electrons. The average molecular weight is 661 g/mol. The van der Waals surface area contributed by atoms with E-state index in [0.29, 0.717) is 40.8 Å². The van der Waals surface area contributed by atoms with Crippen molar-refractivity contribution in [1.29, 1.82) is 0 Å². The summed E-state index contributed by atoms with van der Waals surface area (Å²) in [5.41, 5.74) is 0.828. The average Bonchev–Trinajstić information content (AvgIpc) is 3.02. The first-order valence-corrected chi connectivity index (χ1v) is 15.7. The minimum absolute atomic E-state index is 0.000104. The molecule has 0 amide bonds. The van der Waals surface area contributed by atoms with Crippen molar-refractivity contribution in [3.8, 4) is 17.2 Å². The maximum absolute atomic E-state index is 12.5. The minimum atomic E-state index is -2.03. The van der Waals surface area contributed by atoms with Crippen LogP contribution in [0.15, 0.2) is 72.8 Å². The lowest BCUT2D eigenvalue weighted by Crippen LogP contribution is -2.55. The van der Waals surface area contributed by atoms with Crippen LogP contribution in [0.25, 0.3) is 0 Å². The Balaban J connectivity index is 1.95. The Morgan fingerprint density at radius 2 is 1.11 bits per heavy atom. The van der Waals surface area contributed by atoms with E-state index in [0.717, 1.165) is 16.7 Å². The fourth-order valence-electron chi connectivity index (χ4n) is 4.32. The number of rotatable bonds is 18. The molecule has 0 saturated carbocycles. The Bertz CT molecular complexity index is 1340. The smallest absolute Gasteiger partial charge is 0.188 e. The Kier molecular flexibility index (Phi) is 14.7. The zero-order chi connectivity index (χ0) is 32.8. The standard InChI is InChI=1S/C33H40O10S2/c1-22(34)44-32(36)30(42-19-25-8-14-28(39-4)15-9-25)31(43-20-26-10-16-29(40-5)17-11-26)33(37,45-23(2)35)21-41-18-24-6-12-27(38-3)13-7-24/h6-17,30-32,36-37H,18-21H2,1-5H3/t30-,31+,32+,33+/m1/s1. The van der Waals surface area contributed by atoms with E-state index in [2.05, 4.69) is 0 Å². The van der Waals surface area contributed by atoms with Crippen LogP contribution in [0.5, 0.6) is 17.2 Å². The third kappa shape index (κ3) is 11.6. The monoisotopic (exact) mass is 660 g/mol. The first kappa shape index (κ1) is 36.4. The molecule has 0 aliphatic heterocycles. The van der Waals surface area contributed by atoms with Crippen molar-refractivity contribution in [2.24, 2.45) is 0 Å². The van der Waals surface area contributed by atoms with Crippen LogP contribution in [0.1, 0.15) is 30.5 Å². The predicted molar refractivity (Wildman–Crippen MR) is 173 cm³/mol. The fraction of sp³-hybridized carbons (Fsp3) is 0.394. The second-order valence-corrected chi connectivity index (χ2v) is 12.8. The third-order valence-electron chi connectivity index (χ3n) is 6.56. The Morgan fingerprint density at radius 1 is 0.689 bits per heavy atom. The number of methoxy groups -OCH3 is 3. The van der Waals surface area contributed by atoms with Gasteiger partial charge >= 0.3 is 0 Å². The van der Waals surface area contributed by atoms with Gasteiger partial charge in [0.25, 0.3) is 0 Å². The third-order valence-corrected chi connectivity index (χ3v) is 8.39. The zero-order valence-electron chi connectivity index (χ0n) is 26.0. The molecule has 4 atom stereocenters. The van der Waals surface area contributed by atoms with E-state index in [1.165, 1.54) is 13.8 Å². The summed E-state index contributed by atoms with van der Waals surface area (Å²) < 4.78 is 34.1. The van der Waals surface area contributed by atoms with Crippen LogP contribution >= 0.6 is 23.5 Å². The first-order valence-electron chi connectivity index (χ1n) is 14.0. The van der Waals surface area contributed by atoms with Gasteiger partial charge in [0, 0.05) is 13.8 Å². The number of aliphatic hydroxyl groups is 2. The summed E-state index contributed by atoms with van der Waals surface area (Å²) in [5, 5.41) is 22.6. The van der Waals surface area contributed by atoms with E-state index in [-0.39, 0.29) is 31.5 Å². The molecular formula is C33H40O10S2. The maximum atomic E-state index is 12.5. The lowest BCUT2D eigenvalue weighted by molar-refractivity contribution is -0.175. The van der Waals surface area contributed by atoms with Crippen LogP contribution in [0, 0.1) is 0 Å². The molecule has 0 heterocycles. The highest BCUT2D eigenvalue weighted by atomic mass is 32.2. The van der Waals surface area contributed by atoms with Gasteiger partial charge in [-0.05, 0) is 64.9 Å². The normalized spacial score (nSPS) is 14.6. The second kappa shape index (κ2) is 18.1. The molecule has 0 saturated heterocycles. The van der Waals surface area contributed by atoms with Crippen molar-refractivity contribution in [3.05, 3.63) is 89.5 Å². The summed E-state index contributed by atoms with van der Waals surface area (Å²) >= 11 is 1.24. The van der Waals surface area contributed by atoms with Gasteiger partial charge in [-0.25, -0.2) is 0 Å². The van der Waals surface area contributed by atoms with Crippen LogP contribution in [0.3, 0.4) is 0 Å². The Hall–Kier alpha value is -3.10. The SMILES string of the molecule is COc1ccc(COC[C@](O)(SC(C)=O)[C@@H](OCc2ccc(OC)cc2)[C@@H](OCc2ccc(OC)cc2)[C@@H](O)SC(C)=O)cc1. The van der Waals surface area contributed by atoms with Crippen molar-refractivity contribution in [2.75, 3.05) is 27.9 Å². The van der Waals surface area contributed by atoms with Crippen molar-refractivity contribution in [3.63, 3.8) is 0 Å². The van der Waals surface area contributed by atoms with Gasteiger partial charge in [-0.1, -0.05) is 48.2 Å². The van der Waals surface area contributed by atoms with E-state index in [4.69, 9.17) is 28.4 Å². The molecule has 10 nitrogen and oxygen atoms in total. The minimum Gasteiger partial charge on any atom is -0.497 e. The van der Waals surface area contributed by atoms with Crippen LogP contribution in [-0.4, -0.2) is 71.0 Å². The summed E-state index contributed by atoms with van der Waals surface area (Å²) in [6.45, 7) is 2.35. The van der Waals surface area contributed by atoms with E-state index >= 15 is 0 Å². The molecule has 12 heteroatoms. The van der Waals surface area contributed by atoms with Gasteiger partial charge in [-0.2, -0.15) is 0 Å². The van der Waals surface area contributed by atoms with Gasteiger partial charge in [0.05, 0.1) is 47.8 Å². The van der Waals surface area contributed by atoms with E-state index < -0.39 is 27.7 Å². The summed E-state index contributed by atoms with van der Waals surface area (Å²) in [5.74, 6) is 1.99. The van der Waals surface area contributed by atoms with Gasteiger partial charge < -0.3 is 38.6 Å². The van der Waals surface area contributed by atoms with E-state index in [1.807, 2.05) is 12.1 Å². The number of carbonyl (C=O) groups is 2. The highest BCUT2D eigenvalue weighted by molar-refractivity contribution is 8.14. The Labute approximate surface area is 272 Å². The maximum Gasteiger partial charge on any atom is 0.188 e. The molecule has 3 aromatic rings. The van der Waals surface area contributed by atoms with Crippen molar-refractivity contribution in [1.82, 2.24) is 0 Å². The lowest BCUT2D eigenvalue weighted by atomic mass is 10.1. The molecule has 0 bridgehead atoms. The molecular weight excluding hydrogens is 620 g/mol. The summed E-state index contributed by atoms with van der Waals surface area (Å²) in [4.78, 5) is 22.6. The molecule has 0 aliphatic carbocycles. The first-order chi connectivity index (χ1) is 21.6. The molecule has 0 unspecified atom stereocenters. The molecule has 2 N–H and O–H groups in total. The van der Waals surface area contributed by atoms with Gasteiger partial charge in [-0.3, -0.25) is 9.59 Å². The summed E-state index contributed by atoms with van der Waals surface area (Å²) in [7, 11) is 4.69. The topological polar surface area (TPSA) is 130 Å². The van der Waals surface area contributed by atoms with E-state index in [1.54, 1.807) is 82.0 Å².